The molecule has 2 atom stereocenters. The van der Waals surface area contributed by atoms with Crippen LogP contribution in [0, 0.1) is 5.41 Å². The second-order valence-corrected chi connectivity index (χ2v) is 12.7. The van der Waals surface area contributed by atoms with Crippen LogP contribution in [-0.2, 0) is 22.7 Å². The van der Waals surface area contributed by atoms with Crippen molar-refractivity contribution in [3.63, 3.8) is 0 Å². The summed E-state index contributed by atoms with van der Waals surface area (Å²) in [5, 5.41) is 13.0. The van der Waals surface area contributed by atoms with Crippen LogP contribution in [0.25, 0.3) is 0 Å². The van der Waals surface area contributed by atoms with Crippen LogP contribution in [0.4, 0.5) is 0 Å². The molecule has 8 nitrogen and oxygen atoms in total. The molecule has 3 aliphatic rings. The van der Waals surface area contributed by atoms with Crippen LogP contribution < -0.4 is 10.1 Å². The Balaban J connectivity index is 1.13. The smallest absolute Gasteiger partial charge is 0.335 e. The van der Waals surface area contributed by atoms with Crippen LogP contribution >= 0.6 is 0 Å². The molecular weight excluding hydrogens is 530 g/mol. The number of aromatic carboxylic acids is 1. The molecule has 0 amide bonds. The average molecular weight is 576 g/mol. The summed E-state index contributed by atoms with van der Waals surface area (Å²) in [6.07, 6.45) is 6.16. The Bertz CT molecular complexity index is 1270. The molecule has 42 heavy (non-hydrogen) atoms. The van der Waals surface area contributed by atoms with Crippen LogP contribution in [-0.4, -0.2) is 77.2 Å². The molecule has 2 N–H and O–H groups in total. The summed E-state index contributed by atoms with van der Waals surface area (Å²) >= 11 is 0. The van der Waals surface area contributed by atoms with Gasteiger partial charge in [0, 0.05) is 63.6 Å². The third kappa shape index (κ3) is 6.61. The van der Waals surface area contributed by atoms with Crippen molar-refractivity contribution in [2.75, 3.05) is 33.2 Å². The number of benzene rings is 2. The molecule has 1 saturated carbocycles. The van der Waals surface area contributed by atoms with Gasteiger partial charge in [-0.15, -0.1) is 0 Å². The fraction of sp³-hybridized carbons (Fsp3) is 0.559. The zero-order valence-electron chi connectivity index (χ0n) is 25.1. The quantitative estimate of drug-likeness (QED) is 0.421. The standard InChI is InChI=1S/C34H45N3O5/c1-3-4-14-34(20-28(38)10-13-31(34)39)30-22-36(2)33(24-35-30)15-17-37(18-16-33)21-25-8-11-29(12-9-25)42-23-26-6-5-7-27(19-26)32(40)41/h5-9,11-12,19,30,35H,3-4,10,13-18,20-24H2,1-2H3,(H,40,41)/t30-,34?/m1/s1. The number of nitrogens with one attached hydrogen (secondary N) is 1. The zero-order chi connectivity index (χ0) is 29.7. The van der Waals surface area contributed by atoms with E-state index in [0.29, 0.717) is 25.9 Å². The third-order valence-corrected chi connectivity index (χ3v) is 9.98. The molecule has 226 valence electrons. The summed E-state index contributed by atoms with van der Waals surface area (Å²) in [7, 11) is 2.21. The lowest BCUT2D eigenvalue weighted by atomic mass is 9.63. The third-order valence-electron chi connectivity index (χ3n) is 9.98. The zero-order valence-corrected chi connectivity index (χ0v) is 25.1. The maximum Gasteiger partial charge on any atom is 0.335 e. The first kappa shape index (κ1) is 30.4. The lowest BCUT2D eigenvalue weighted by Gasteiger charge is -2.55. The Hall–Kier alpha value is -3.07. The minimum atomic E-state index is -0.940. The summed E-state index contributed by atoms with van der Waals surface area (Å²) < 4.78 is 5.89. The Kier molecular flexibility index (Phi) is 9.45. The number of piperidine rings is 1. The Morgan fingerprint density at radius 1 is 1.07 bits per heavy atom. The predicted octanol–water partition coefficient (Wildman–Crippen LogP) is 4.70. The van der Waals surface area contributed by atoms with Crippen LogP contribution in [0.2, 0.25) is 0 Å². The van der Waals surface area contributed by atoms with Crippen molar-refractivity contribution >= 4 is 17.5 Å². The topological polar surface area (TPSA) is 99.2 Å². The number of hydrogen-bond donors (Lipinski definition) is 2. The highest BCUT2D eigenvalue weighted by Gasteiger charge is 2.52. The van der Waals surface area contributed by atoms with E-state index >= 15 is 0 Å². The number of rotatable bonds is 10. The van der Waals surface area contributed by atoms with E-state index in [1.54, 1.807) is 18.2 Å². The van der Waals surface area contributed by atoms with Crippen molar-refractivity contribution in [1.29, 1.82) is 0 Å². The molecule has 1 aliphatic carbocycles. The lowest BCUT2D eigenvalue weighted by molar-refractivity contribution is -0.144. The molecule has 1 unspecified atom stereocenters. The highest BCUT2D eigenvalue weighted by molar-refractivity contribution is 5.97. The summed E-state index contributed by atoms with van der Waals surface area (Å²) in [5.41, 5.74) is 1.86. The van der Waals surface area contributed by atoms with E-state index in [-0.39, 0.29) is 28.7 Å². The number of likely N-dealkylation sites (tertiary alicyclic amines) is 1. The monoisotopic (exact) mass is 575 g/mol. The van der Waals surface area contributed by atoms with Gasteiger partial charge in [0.1, 0.15) is 23.9 Å². The van der Waals surface area contributed by atoms with Crippen molar-refractivity contribution in [3.8, 4) is 5.75 Å². The van der Waals surface area contributed by atoms with Gasteiger partial charge in [0.15, 0.2) is 0 Å². The number of carbonyl (C=O) groups excluding carboxylic acids is 2. The van der Waals surface area contributed by atoms with E-state index in [1.165, 1.54) is 5.56 Å². The first-order valence-electron chi connectivity index (χ1n) is 15.5. The molecule has 2 heterocycles. The van der Waals surface area contributed by atoms with Gasteiger partial charge < -0.3 is 15.2 Å². The van der Waals surface area contributed by atoms with Gasteiger partial charge in [-0.05, 0) is 61.7 Å². The number of hydrogen-bond acceptors (Lipinski definition) is 7. The van der Waals surface area contributed by atoms with E-state index in [2.05, 4.69) is 41.2 Å². The minimum Gasteiger partial charge on any atom is -0.489 e. The number of piperazine rings is 1. The number of nitrogens with zero attached hydrogens (tertiary/aromatic N) is 2. The SMILES string of the molecule is CCCCC1([C@H]2CN(C)C3(CCN(Cc4ccc(OCc5cccc(C(=O)O)c5)cc4)CC3)CN2)CC(=O)CCC1=O. The van der Waals surface area contributed by atoms with Crippen LogP contribution in [0.5, 0.6) is 5.75 Å². The van der Waals surface area contributed by atoms with Gasteiger partial charge in [0.25, 0.3) is 0 Å². The molecule has 0 radical (unpaired) electrons. The van der Waals surface area contributed by atoms with Crippen molar-refractivity contribution in [2.24, 2.45) is 5.41 Å². The second-order valence-electron chi connectivity index (χ2n) is 12.7. The van der Waals surface area contributed by atoms with E-state index in [0.717, 1.165) is 76.1 Å². The molecule has 0 aromatic heterocycles. The first-order chi connectivity index (χ1) is 20.2. The number of Topliss-reactive ketones (excluding diaryl/α,β-unsaturated/α-hetero) is 2. The lowest BCUT2D eigenvalue weighted by Crippen LogP contribution is -2.70. The van der Waals surface area contributed by atoms with Gasteiger partial charge in [-0.2, -0.15) is 0 Å². The fourth-order valence-electron chi connectivity index (χ4n) is 7.20. The van der Waals surface area contributed by atoms with E-state index in [1.807, 2.05) is 18.2 Å². The molecule has 2 aromatic rings. The van der Waals surface area contributed by atoms with Crippen molar-refractivity contribution in [1.82, 2.24) is 15.1 Å². The van der Waals surface area contributed by atoms with Gasteiger partial charge in [-0.25, -0.2) is 4.79 Å². The average Bonchev–Trinajstić information content (AvgIpc) is 3.00. The number of ether oxygens (including phenoxy) is 1. The Labute approximate surface area is 249 Å². The van der Waals surface area contributed by atoms with Crippen LogP contribution in [0.3, 0.4) is 0 Å². The molecule has 0 bridgehead atoms. The second kappa shape index (κ2) is 13.1. The molecule has 8 heteroatoms. The Morgan fingerprint density at radius 3 is 2.52 bits per heavy atom. The van der Waals surface area contributed by atoms with Crippen molar-refractivity contribution in [3.05, 3.63) is 65.2 Å². The highest BCUT2D eigenvalue weighted by Crippen LogP contribution is 2.43. The normalized spacial score (nSPS) is 25.0. The maximum absolute atomic E-state index is 13.3. The van der Waals surface area contributed by atoms with Crippen molar-refractivity contribution < 1.29 is 24.2 Å². The first-order valence-corrected chi connectivity index (χ1v) is 15.5. The number of carbonyl (C=O) groups is 3. The molecule has 5 rings (SSSR count). The number of unbranched alkanes of at least 4 members (excludes halogenated alkanes) is 1. The molecular formula is C34H45N3O5. The largest absolute Gasteiger partial charge is 0.489 e. The molecule has 2 aromatic carbocycles. The maximum atomic E-state index is 13.3. The molecule has 2 aliphatic heterocycles. The number of carboxylic acid groups (broad SMARTS) is 1. The van der Waals surface area contributed by atoms with Crippen LogP contribution in [0.15, 0.2) is 48.5 Å². The highest BCUT2D eigenvalue weighted by atomic mass is 16.5. The fourth-order valence-corrected chi connectivity index (χ4v) is 7.20. The van der Waals surface area contributed by atoms with E-state index in [4.69, 9.17) is 4.74 Å². The summed E-state index contributed by atoms with van der Waals surface area (Å²) in [6.45, 7) is 7.04. The van der Waals surface area contributed by atoms with Crippen LogP contribution in [0.1, 0.15) is 79.8 Å². The van der Waals surface area contributed by atoms with Crippen molar-refractivity contribution in [2.45, 2.75) is 83.0 Å². The van der Waals surface area contributed by atoms with E-state index < -0.39 is 11.4 Å². The van der Waals surface area contributed by atoms with Gasteiger partial charge >= 0.3 is 5.97 Å². The van der Waals surface area contributed by atoms with Gasteiger partial charge in [0.2, 0.25) is 0 Å². The Morgan fingerprint density at radius 2 is 1.83 bits per heavy atom. The molecule has 3 fully saturated rings. The van der Waals surface area contributed by atoms with Gasteiger partial charge in [-0.3, -0.25) is 19.4 Å². The predicted molar refractivity (Wildman–Crippen MR) is 162 cm³/mol. The number of likely N-dealkylation sites (N-methyl/N-ethyl adjacent to an activating group) is 1. The summed E-state index contributed by atoms with van der Waals surface area (Å²) in [6, 6.07) is 15.0. The van der Waals surface area contributed by atoms with Gasteiger partial charge in [-0.1, -0.05) is 44.0 Å². The number of ketones is 2. The van der Waals surface area contributed by atoms with Gasteiger partial charge in [0.05, 0.1) is 11.0 Å². The molecule has 2 saturated heterocycles. The number of carboxylic acids is 1. The van der Waals surface area contributed by atoms with E-state index in [9.17, 15) is 19.5 Å². The minimum absolute atomic E-state index is 0.0382. The summed E-state index contributed by atoms with van der Waals surface area (Å²) in [4.78, 5) is 42.0. The molecule has 1 spiro atoms. The summed E-state index contributed by atoms with van der Waals surface area (Å²) in [5.74, 6) is 0.353.